The molecule has 2 aromatic rings. The molecule has 0 bridgehead atoms. The van der Waals surface area contributed by atoms with Gasteiger partial charge in [0.25, 0.3) is 5.69 Å². The number of nitrogens with zero attached hydrogens (tertiary/aromatic N) is 1. The van der Waals surface area contributed by atoms with E-state index in [1.807, 2.05) is 5.38 Å². The molecule has 92 valence electrons. The first-order chi connectivity index (χ1) is 8.58. The third kappa shape index (κ3) is 2.60. The van der Waals surface area contributed by atoms with Gasteiger partial charge < -0.3 is 0 Å². The number of rotatable bonds is 4. The second-order valence-corrected chi connectivity index (χ2v) is 4.63. The maximum Gasteiger partial charge on any atom is 0.280 e. The fraction of sp³-hybridized carbons (Fsp3) is 0.0833. The lowest BCUT2D eigenvalue weighted by molar-refractivity contribution is -0.385. The molecular weight excluding hydrogens is 257 g/mol. The predicted octanol–water partition coefficient (Wildman–Crippen LogP) is 3.22. The highest BCUT2D eigenvalue weighted by atomic mass is 32.1. The molecule has 0 N–H and O–H groups in total. The van der Waals surface area contributed by atoms with Crippen LogP contribution < -0.4 is 0 Å². The molecule has 0 saturated heterocycles. The number of carbonyl (C=O) groups is 1. The van der Waals surface area contributed by atoms with Crippen LogP contribution in [0.2, 0.25) is 0 Å². The van der Waals surface area contributed by atoms with Crippen LogP contribution in [0.5, 0.6) is 0 Å². The number of benzene rings is 1. The van der Waals surface area contributed by atoms with Crippen LogP contribution in [0.3, 0.4) is 0 Å². The molecule has 2 rings (SSSR count). The standard InChI is InChI=1S/C12H8FNO3S/c13-8-3-4-11(14(16)17)10(6-8)12(15)7-9-2-1-5-18-9/h1-6H,7H2. The van der Waals surface area contributed by atoms with Crippen molar-refractivity contribution in [2.45, 2.75) is 6.42 Å². The zero-order chi connectivity index (χ0) is 13.1. The summed E-state index contributed by atoms with van der Waals surface area (Å²) >= 11 is 1.38. The van der Waals surface area contributed by atoms with Crippen molar-refractivity contribution in [1.29, 1.82) is 0 Å². The van der Waals surface area contributed by atoms with Gasteiger partial charge in [-0.2, -0.15) is 0 Å². The van der Waals surface area contributed by atoms with E-state index in [1.165, 1.54) is 11.3 Å². The van der Waals surface area contributed by atoms with Gasteiger partial charge in [0.05, 0.1) is 10.5 Å². The lowest BCUT2D eigenvalue weighted by Crippen LogP contribution is -2.06. The van der Waals surface area contributed by atoms with E-state index < -0.39 is 16.5 Å². The largest absolute Gasteiger partial charge is 0.294 e. The molecule has 6 heteroatoms. The van der Waals surface area contributed by atoms with E-state index >= 15 is 0 Å². The van der Waals surface area contributed by atoms with E-state index in [0.717, 1.165) is 23.1 Å². The van der Waals surface area contributed by atoms with E-state index in [2.05, 4.69) is 0 Å². The minimum Gasteiger partial charge on any atom is -0.294 e. The molecule has 0 unspecified atom stereocenters. The van der Waals surface area contributed by atoms with Crippen molar-refractivity contribution in [3.05, 3.63) is 62.1 Å². The fourth-order valence-corrected chi connectivity index (χ4v) is 2.26. The highest BCUT2D eigenvalue weighted by Gasteiger charge is 2.21. The third-order valence-electron chi connectivity index (χ3n) is 2.37. The summed E-state index contributed by atoms with van der Waals surface area (Å²) in [7, 11) is 0. The van der Waals surface area contributed by atoms with Gasteiger partial charge in [-0.25, -0.2) is 4.39 Å². The Morgan fingerprint density at radius 1 is 1.39 bits per heavy atom. The third-order valence-corrected chi connectivity index (χ3v) is 3.25. The van der Waals surface area contributed by atoms with Crippen LogP contribution in [0.1, 0.15) is 15.2 Å². The molecule has 0 spiro atoms. The summed E-state index contributed by atoms with van der Waals surface area (Å²) in [6, 6.07) is 6.44. The summed E-state index contributed by atoms with van der Waals surface area (Å²) in [6.45, 7) is 0. The normalized spacial score (nSPS) is 10.3. The summed E-state index contributed by atoms with van der Waals surface area (Å²) in [4.78, 5) is 22.8. The summed E-state index contributed by atoms with van der Waals surface area (Å²) in [5.74, 6) is -1.11. The molecule has 0 fully saturated rings. The van der Waals surface area contributed by atoms with Gasteiger partial charge in [0.15, 0.2) is 5.78 Å². The van der Waals surface area contributed by atoms with Crippen molar-refractivity contribution >= 4 is 22.8 Å². The van der Waals surface area contributed by atoms with Crippen LogP contribution in [-0.2, 0) is 6.42 Å². The van der Waals surface area contributed by atoms with Gasteiger partial charge in [-0.15, -0.1) is 11.3 Å². The Bertz CT molecular complexity index is 595. The lowest BCUT2D eigenvalue weighted by Gasteiger charge is -2.01. The molecule has 0 saturated carbocycles. The van der Waals surface area contributed by atoms with Crippen LogP contribution in [0.25, 0.3) is 0 Å². The fourth-order valence-electron chi connectivity index (χ4n) is 1.56. The van der Waals surface area contributed by atoms with Gasteiger partial charge in [-0.3, -0.25) is 14.9 Å². The smallest absolute Gasteiger partial charge is 0.280 e. The molecule has 0 aliphatic rings. The van der Waals surface area contributed by atoms with Crippen LogP contribution in [0.4, 0.5) is 10.1 Å². The molecule has 0 aliphatic carbocycles. The van der Waals surface area contributed by atoms with Gasteiger partial charge in [0.1, 0.15) is 5.82 Å². The molecule has 0 amide bonds. The Hall–Kier alpha value is -2.08. The van der Waals surface area contributed by atoms with Crippen LogP contribution >= 0.6 is 11.3 Å². The van der Waals surface area contributed by atoms with Crippen molar-refractivity contribution < 1.29 is 14.1 Å². The molecule has 18 heavy (non-hydrogen) atoms. The highest BCUT2D eigenvalue weighted by molar-refractivity contribution is 7.10. The summed E-state index contributed by atoms with van der Waals surface area (Å²) in [5.41, 5.74) is -0.550. The maximum absolute atomic E-state index is 13.1. The Labute approximate surface area is 106 Å². The minimum atomic E-state index is -0.679. The van der Waals surface area contributed by atoms with E-state index in [0.29, 0.717) is 0 Å². The second kappa shape index (κ2) is 5.05. The number of halogens is 1. The molecule has 1 aromatic carbocycles. The number of thiophene rings is 1. The monoisotopic (exact) mass is 265 g/mol. The summed E-state index contributed by atoms with van der Waals surface area (Å²) in [6.07, 6.45) is 0.0436. The number of nitro groups is 1. The molecule has 0 atom stereocenters. The first-order valence-corrected chi connectivity index (χ1v) is 5.95. The molecule has 1 aromatic heterocycles. The van der Waals surface area contributed by atoms with Crippen molar-refractivity contribution in [2.24, 2.45) is 0 Å². The van der Waals surface area contributed by atoms with Crippen molar-refractivity contribution in [3.63, 3.8) is 0 Å². The van der Waals surface area contributed by atoms with Crippen LogP contribution in [0.15, 0.2) is 35.7 Å². The van der Waals surface area contributed by atoms with Gasteiger partial charge in [-0.05, 0) is 23.6 Å². The Morgan fingerprint density at radius 2 is 2.17 bits per heavy atom. The number of nitro benzene ring substituents is 1. The molecule has 0 radical (unpaired) electrons. The summed E-state index contributed by atoms with van der Waals surface area (Å²) in [5, 5.41) is 12.6. The van der Waals surface area contributed by atoms with E-state index in [9.17, 15) is 19.3 Å². The van der Waals surface area contributed by atoms with Crippen molar-refractivity contribution in [1.82, 2.24) is 0 Å². The van der Waals surface area contributed by atoms with E-state index in [1.54, 1.807) is 12.1 Å². The van der Waals surface area contributed by atoms with Crippen LogP contribution in [-0.4, -0.2) is 10.7 Å². The topological polar surface area (TPSA) is 60.2 Å². The highest BCUT2D eigenvalue weighted by Crippen LogP contribution is 2.22. The Balaban J connectivity index is 2.34. The lowest BCUT2D eigenvalue weighted by atomic mass is 10.1. The Kier molecular flexibility index (Phi) is 3.47. The number of hydrogen-bond donors (Lipinski definition) is 0. The second-order valence-electron chi connectivity index (χ2n) is 3.60. The van der Waals surface area contributed by atoms with Gasteiger partial charge in [0.2, 0.25) is 0 Å². The SMILES string of the molecule is O=C(Cc1cccs1)c1cc(F)ccc1[N+](=O)[O-]. The number of Topliss-reactive ketones (excluding diaryl/α,β-unsaturated/α-hetero) is 1. The molecule has 1 heterocycles. The van der Waals surface area contributed by atoms with E-state index in [4.69, 9.17) is 0 Å². The average Bonchev–Trinajstić information content (AvgIpc) is 2.81. The first kappa shape index (κ1) is 12.4. The first-order valence-electron chi connectivity index (χ1n) is 5.07. The zero-order valence-electron chi connectivity index (χ0n) is 9.13. The maximum atomic E-state index is 13.1. The van der Waals surface area contributed by atoms with Gasteiger partial charge >= 0.3 is 0 Å². The van der Waals surface area contributed by atoms with Gasteiger partial charge in [-0.1, -0.05) is 6.07 Å². The predicted molar refractivity (Wildman–Crippen MR) is 65.4 cm³/mol. The Morgan fingerprint density at radius 3 is 2.78 bits per heavy atom. The number of hydrogen-bond acceptors (Lipinski definition) is 4. The quantitative estimate of drug-likeness (QED) is 0.484. The van der Waals surface area contributed by atoms with Crippen molar-refractivity contribution in [3.8, 4) is 0 Å². The number of carbonyl (C=O) groups excluding carboxylic acids is 1. The van der Waals surface area contributed by atoms with Crippen LogP contribution in [0, 0.1) is 15.9 Å². The molecule has 0 aliphatic heterocycles. The van der Waals surface area contributed by atoms with Crippen molar-refractivity contribution in [2.75, 3.05) is 0 Å². The number of ketones is 1. The van der Waals surface area contributed by atoms with E-state index in [-0.39, 0.29) is 17.7 Å². The minimum absolute atomic E-state index is 0.0436. The zero-order valence-corrected chi connectivity index (χ0v) is 9.95. The summed E-state index contributed by atoms with van der Waals surface area (Å²) < 4.78 is 13.1. The average molecular weight is 265 g/mol. The van der Waals surface area contributed by atoms with Gasteiger partial charge in [0, 0.05) is 17.4 Å². The molecular formula is C12H8FNO3S. The molecule has 4 nitrogen and oxygen atoms in total.